The molecule has 0 radical (unpaired) electrons. The molecule has 24 heavy (non-hydrogen) atoms. The summed E-state index contributed by atoms with van der Waals surface area (Å²) in [5.41, 5.74) is 7.25. The lowest BCUT2D eigenvalue weighted by Gasteiger charge is -2.43. The number of allylic oxidation sites excluding steroid dienone is 4. The molecule has 0 spiro atoms. The van der Waals surface area contributed by atoms with Crippen LogP contribution in [0.15, 0.2) is 53.3 Å². The maximum Gasteiger partial charge on any atom is 0.187 e. The standard InChI is InChI=1S/C20H18N4/c21-11-17-15-8-4-5-9-16(15)18(10-14-6-2-1-3-7-14)20(12-22,13-23)19(17)24/h1-3,6-8,16,18H,4-5,9-10,24H2/t16-,18-/m0/s1. The average Bonchev–Trinajstić information content (AvgIpc) is 2.64. The predicted molar refractivity (Wildman–Crippen MR) is 89.5 cm³/mol. The van der Waals surface area contributed by atoms with Crippen LogP contribution in [0.1, 0.15) is 24.8 Å². The summed E-state index contributed by atoms with van der Waals surface area (Å²) in [6.45, 7) is 0. The van der Waals surface area contributed by atoms with E-state index in [0.29, 0.717) is 12.0 Å². The first-order chi connectivity index (χ1) is 11.7. The Balaban J connectivity index is 2.18. The number of nitriles is 3. The van der Waals surface area contributed by atoms with Gasteiger partial charge in [-0.1, -0.05) is 36.4 Å². The second-order valence-corrected chi connectivity index (χ2v) is 6.43. The number of nitrogens with zero attached hydrogens (tertiary/aromatic N) is 3. The molecule has 0 unspecified atom stereocenters. The van der Waals surface area contributed by atoms with Gasteiger partial charge >= 0.3 is 0 Å². The third-order valence-corrected chi connectivity index (χ3v) is 5.27. The number of benzene rings is 1. The molecule has 4 nitrogen and oxygen atoms in total. The van der Waals surface area contributed by atoms with E-state index < -0.39 is 5.41 Å². The highest BCUT2D eigenvalue weighted by Gasteiger charge is 2.52. The normalized spacial score (nSPS) is 24.8. The SMILES string of the molecule is N#CC1=C(N)C(C#N)(C#N)[C@@H](Cc2ccccc2)[C@H]2CCCC=C12. The van der Waals surface area contributed by atoms with Crippen molar-refractivity contribution in [2.24, 2.45) is 23.0 Å². The minimum atomic E-state index is -1.44. The third-order valence-electron chi connectivity index (χ3n) is 5.27. The van der Waals surface area contributed by atoms with Gasteiger partial charge in [0, 0.05) is 5.92 Å². The molecule has 0 aromatic heterocycles. The van der Waals surface area contributed by atoms with Gasteiger partial charge in [-0.3, -0.25) is 0 Å². The van der Waals surface area contributed by atoms with Gasteiger partial charge in [-0.15, -0.1) is 0 Å². The Labute approximate surface area is 142 Å². The Morgan fingerprint density at radius 3 is 2.46 bits per heavy atom. The molecule has 2 N–H and O–H groups in total. The quantitative estimate of drug-likeness (QED) is 0.905. The fourth-order valence-corrected chi connectivity index (χ4v) is 4.06. The van der Waals surface area contributed by atoms with E-state index in [0.717, 1.165) is 30.4 Å². The van der Waals surface area contributed by atoms with Gasteiger partial charge in [-0.25, -0.2) is 0 Å². The van der Waals surface area contributed by atoms with Crippen molar-refractivity contribution < 1.29 is 0 Å². The summed E-state index contributed by atoms with van der Waals surface area (Å²) in [5, 5.41) is 29.2. The molecule has 0 aliphatic heterocycles. The number of nitrogens with two attached hydrogens (primary N) is 1. The largest absolute Gasteiger partial charge is 0.399 e. The minimum absolute atomic E-state index is 0.0280. The predicted octanol–water partition coefficient (Wildman–Crippen LogP) is 3.36. The van der Waals surface area contributed by atoms with Crippen LogP contribution < -0.4 is 5.73 Å². The molecule has 2 atom stereocenters. The van der Waals surface area contributed by atoms with E-state index in [9.17, 15) is 15.8 Å². The highest BCUT2D eigenvalue weighted by atomic mass is 14.7. The molecule has 3 rings (SSSR count). The lowest BCUT2D eigenvalue weighted by Crippen LogP contribution is -2.45. The van der Waals surface area contributed by atoms with Crippen molar-refractivity contribution in [3.05, 3.63) is 58.8 Å². The van der Waals surface area contributed by atoms with Crippen molar-refractivity contribution in [1.82, 2.24) is 0 Å². The summed E-state index contributed by atoms with van der Waals surface area (Å²) in [7, 11) is 0. The fourth-order valence-electron chi connectivity index (χ4n) is 4.06. The zero-order valence-corrected chi connectivity index (χ0v) is 13.4. The van der Waals surface area contributed by atoms with Gasteiger partial charge in [0.25, 0.3) is 0 Å². The van der Waals surface area contributed by atoms with Crippen LogP contribution >= 0.6 is 0 Å². The second kappa shape index (κ2) is 6.23. The maximum absolute atomic E-state index is 9.85. The van der Waals surface area contributed by atoms with Gasteiger partial charge in [0.2, 0.25) is 0 Å². The van der Waals surface area contributed by atoms with Crippen LogP contribution in [0.4, 0.5) is 0 Å². The molecule has 0 saturated heterocycles. The molecule has 0 heterocycles. The Morgan fingerprint density at radius 2 is 1.83 bits per heavy atom. The monoisotopic (exact) mass is 314 g/mol. The molecule has 0 fully saturated rings. The first-order valence-corrected chi connectivity index (χ1v) is 8.15. The Morgan fingerprint density at radius 1 is 1.12 bits per heavy atom. The first kappa shape index (κ1) is 15.9. The minimum Gasteiger partial charge on any atom is -0.399 e. The topological polar surface area (TPSA) is 97.4 Å². The van der Waals surface area contributed by atoms with E-state index in [1.54, 1.807) is 0 Å². The van der Waals surface area contributed by atoms with E-state index in [1.165, 1.54) is 0 Å². The molecule has 2 aliphatic rings. The van der Waals surface area contributed by atoms with E-state index in [4.69, 9.17) is 5.73 Å². The Hall–Kier alpha value is -3.03. The molecule has 1 aromatic rings. The molecule has 118 valence electrons. The van der Waals surface area contributed by atoms with Crippen LogP contribution in [0.25, 0.3) is 0 Å². The number of hydrogen-bond acceptors (Lipinski definition) is 4. The zero-order valence-electron chi connectivity index (χ0n) is 13.4. The summed E-state index contributed by atoms with van der Waals surface area (Å²) < 4.78 is 0. The van der Waals surface area contributed by atoms with Crippen molar-refractivity contribution in [3.8, 4) is 18.2 Å². The first-order valence-electron chi connectivity index (χ1n) is 8.15. The second-order valence-electron chi connectivity index (χ2n) is 6.43. The third kappa shape index (κ3) is 2.27. The summed E-state index contributed by atoms with van der Waals surface area (Å²) in [4.78, 5) is 0. The van der Waals surface area contributed by atoms with E-state index in [2.05, 4.69) is 24.3 Å². The molecule has 0 saturated carbocycles. The van der Waals surface area contributed by atoms with Crippen LogP contribution in [0.2, 0.25) is 0 Å². The highest BCUT2D eigenvalue weighted by Crippen LogP contribution is 2.52. The molecule has 0 amide bonds. The van der Waals surface area contributed by atoms with Gasteiger partial charge in [-0.05, 0) is 42.7 Å². The lowest BCUT2D eigenvalue weighted by molar-refractivity contribution is 0.233. The van der Waals surface area contributed by atoms with Crippen molar-refractivity contribution in [3.63, 3.8) is 0 Å². The van der Waals surface area contributed by atoms with Gasteiger partial charge in [-0.2, -0.15) is 15.8 Å². The summed E-state index contributed by atoms with van der Waals surface area (Å²) in [5.74, 6) is -0.209. The molecular formula is C20H18N4. The summed E-state index contributed by atoms with van der Waals surface area (Å²) >= 11 is 0. The van der Waals surface area contributed by atoms with Crippen molar-refractivity contribution in [1.29, 1.82) is 15.8 Å². The molecular weight excluding hydrogens is 296 g/mol. The Bertz CT molecular complexity index is 813. The summed E-state index contributed by atoms with van der Waals surface area (Å²) in [6.07, 6.45) is 5.46. The molecule has 1 aromatic carbocycles. The number of fused-ring (bicyclic) bond motifs is 1. The van der Waals surface area contributed by atoms with Crippen LogP contribution in [0.5, 0.6) is 0 Å². The van der Waals surface area contributed by atoms with Gasteiger partial charge in [0.15, 0.2) is 5.41 Å². The molecule has 2 aliphatic carbocycles. The maximum atomic E-state index is 9.85. The lowest BCUT2D eigenvalue weighted by atomic mass is 9.57. The van der Waals surface area contributed by atoms with Crippen LogP contribution in [0, 0.1) is 51.2 Å². The smallest absolute Gasteiger partial charge is 0.187 e. The van der Waals surface area contributed by atoms with Gasteiger partial charge in [0.05, 0.1) is 23.4 Å². The van der Waals surface area contributed by atoms with Crippen molar-refractivity contribution in [2.75, 3.05) is 0 Å². The van der Waals surface area contributed by atoms with Crippen LogP contribution in [-0.2, 0) is 6.42 Å². The zero-order chi connectivity index (χ0) is 17.2. The molecule has 4 heteroatoms. The fraction of sp³-hybridized carbons (Fsp3) is 0.350. The van der Waals surface area contributed by atoms with Crippen LogP contribution in [0.3, 0.4) is 0 Å². The van der Waals surface area contributed by atoms with Gasteiger partial charge in [0.1, 0.15) is 6.07 Å². The average molecular weight is 314 g/mol. The van der Waals surface area contributed by atoms with E-state index in [-0.39, 0.29) is 17.5 Å². The van der Waals surface area contributed by atoms with Crippen molar-refractivity contribution >= 4 is 0 Å². The number of hydrogen-bond donors (Lipinski definition) is 1. The highest BCUT2D eigenvalue weighted by molar-refractivity contribution is 5.56. The van der Waals surface area contributed by atoms with E-state index in [1.807, 2.05) is 30.3 Å². The summed E-state index contributed by atoms with van der Waals surface area (Å²) in [6, 6.07) is 16.3. The van der Waals surface area contributed by atoms with Crippen molar-refractivity contribution in [2.45, 2.75) is 25.7 Å². The Kier molecular flexibility index (Phi) is 4.11. The van der Waals surface area contributed by atoms with Crippen LogP contribution in [-0.4, -0.2) is 0 Å². The van der Waals surface area contributed by atoms with E-state index >= 15 is 0 Å². The number of rotatable bonds is 2. The molecule has 0 bridgehead atoms. The van der Waals surface area contributed by atoms with Gasteiger partial charge < -0.3 is 5.73 Å².